The molecule has 0 aliphatic carbocycles. The molecule has 1 heterocycles. The highest BCUT2D eigenvalue weighted by Gasteiger charge is 2.28. The first-order valence-electron chi connectivity index (χ1n) is 11.3. The molecule has 0 fully saturated rings. The number of nitrogens with zero attached hydrogens (tertiary/aromatic N) is 1. The number of hydrogen-bond donors (Lipinski definition) is 2. The molecule has 1 aromatic heterocycles. The van der Waals surface area contributed by atoms with Crippen molar-refractivity contribution < 1.29 is 28.9 Å². The van der Waals surface area contributed by atoms with E-state index in [0.717, 1.165) is 5.56 Å². The summed E-state index contributed by atoms with van der Waals surface area (Å²) < 4.78 is 17.0. The van der Waals surface area contributed by atoms with Gasteiger partial charge in [0, 0.05) is 12.3 Å². The monoisotopic (exact) mass is 492 g/mol. The highest BCUT2D eigenvalue weighted by Crippen LogP contribution is 2.29. The van der Waals surface area contributed by atoms with E-state index in [9.17, 15) is 14.7 Å². The SMILES string of the molecule is CCOc1ccnc(C(=O)N[C@@H](C)C(=O)O[C@@H](C)[C@@H](CC(C)C)Oc2ccc(C)cc2Cl)c1O. The van der Waals surface area contributed by atoms with Gasteiger partial charge < -0.3 is 24.6 Å². The fourth-order valence-electron chi connectivity index (χ4n) is 3.22. The van der Waals surface area contributed by atoms with Crippen molar-refractivity contribution in [3.8, 4) is 17.2 Å². The van der Waals surface area contributed by atoms with Crippen LogP contribution in [0, 0.1) is 12.8 Å². The fraction of sp³-hybridized carbons (Fsp3) is 0.480. The molecule has 0 saturated heterocycles. The van der Waals surface area contributed by atoms with Crippen molar-refractivity contribution in [2.45, 2.75) is 66.2 Å². The Morgan fingerprint density at radius 2 is 1.85 bits per heavy atom. The Kier molecular flexibility index (Phi) is 9.98. The summed E-state index contributed by atoms with van der Waals surface area (Å²) >= 11 is 6.31. The van der Waals surface area contributed by atoms with E-state index in [4.69, 9.17) is 25.8 Å². The van der Waals surface area contributed by atoms with Crippen LogP contribution in [-0.4, -0.2) is 46.8 Å². The third kappa shape index (κ3) is 7.52. The maximum Gasteiger partial charge on any atom is 0.328 e. The Bertz CT molecular complexity index is 997. The molecule has 186 valence electrons. The van der Waals surface area contributed by atoms with Gasteiger partial charge >= 0.3 is 5.97 Å². The van der Waals surface area contributed by atoms with Crippen molar-refractivity contribution in [1.82, 2.24) is 10.3 Å². The van der Waals surface area contributed by atoms with Crippen LogP contribution in [0.25, 0.3) is 0 Å². The zero-order chi connectivity index (χ0) is 25.4. The molecule has 9 heteroatoms. The number of carbonyl (C=O) groups excluding carboxylic acids is 2. The van der Waals surface area contributed by atoms with Gasteiger partial charge in [0.15, 0.2) is 17.2 Å². The average molecular weight is 493 g/mol. The molecule has 8 nitrogen and oxygen atoms in total. The molecule has 0 aliphatic heterocycles. The first-order valence-corrected chi connectivity index (χ1v) is 11.7. The van der Waals surface area contributed by atoms with Crippen molar-refractivity contribution in [3.05, 3.63) is 46.7 Å². The van der Waals surface area contributed by atoms with E-state index < -0.39 is 35.9 Å². The quantitative estimate of drug-likeness (QED) is 0.438. The summed E-state index contributed by atoms with van der Waals surface area (Å²) in [4.78, 5) is 29.2. The summed E-state index contributed by atoms with van der Waals surface area (Å²) in [5, 5.41) is 13.2. The highest BCUT2D eigenvalue weighted by atomic mass is 35.5. The molecule has 0 saturated carbocycles. The number of hydrogen-bond acceptors (Lipinski definition) is 7. The summed E-state index contributed by atoms with van der Waals surface area (Å²) in [6.07, 6.45) is 0.913. The average Bonchev–Trinajstić information content (AvgIpc) is 2.76. The fourth-order valence-corrected chi connectivity index (χ4v) is 3.50. The Hall–Kier alpha value is -3.00. The topological polar surface area (TPSA) is 107 Å². The van der Waals surface area contributed by atoms with Gasteiger partial charge in [-0.1, -0.05) is 31.5 Å². The molecule has 2 aromatic rings. The van der Waals surface area contributed by atoms with Gasteiger partial charge in [0.1, 0.15) is 24.0 Å². The van der Waals surface area contributed by atoms with Crippen LogP contribution in [0.1, 0.15) is 57.1 Å². The molecule has 0 unspecified atom stereocenters. The lowest BCUT2D eigenvalue weighted by atomic mass is 10.0. The molecule has 34 heavy (non-hydrogen) atoms. The minimum absolute atomic E-state index is 0.134. The van der Waals surface area contributed by atoms with E-state index in [1.807, 2.05) is 32.9 Å². The Morgan fingerprint density at radius 3 is 2.47 bits per heavy atom. The van der Waals surface area contributed by atoms with E-state index in [0.29, 0.717) is 23.8 Å². The molecular formula is C25H33ClN2O6. The van der Waals surface area contributed by atoms with Crippen LogP contribution in [0.2, 0.25) is 5.02 Å². The lowest BCUT2D eigenvalue weighted by molar-refractivity contribution is -0.155. The Labute approximate surface area is 205 Å². The van der Waals surface area contributed by atoms with E-state index >= 15 is 0 Å². The normalized spacial score (nSPS) is 13.6. The second-order valence-electron chi connectivity index (χ2n) is 8.50. The van der Waals surface area contributed by atoms with Crippen molar-refractivity contribution >= 4 is 23.5 Å². The van der Waals surface area contributed by atoms with Crippen LogP contribution in [0.5, 0.6) is 17.2 Å². The number of halogens is 1. The number of pyridine rings is 1. The molecule has 2 rings (SSSR count). The van der Waals surface area contributed by atoms with Crippen LogP contribution in [0.4, 0.5) is 0 Å². The zero-order valence-corrected chi connectivity index (χ0v) is 21.2. The van der Waals surface area contributed by atoms with Crippen molar-refractivity contribution in [2.75, 3.05) is 6.61 Å². The van der Waals surface area contributed by atoms with E-state index in [2.05, 4.69) is 10.3 Å². The van der Waals surface area contributed by atoms with Gasteiger partial charge in [-0.25, -0.2) is 9.78 Å². The van der Waals surface area contributed by atoms with Gasteiger partial charge in [0.05, 0.1) is 11.6 Å². The number of amides is 1. The minimum atomic E-state index is -0.991. The first-order chi connectivity index (χ1) is 16.0. The van der Waals surface area contributed by atoms with Crippen molar-refractivity contribution in [1.29, 1.82) is 0 Å². The number of nitrogens with one attached hydrogen (secondary N) is 1. The van der Waals surface area contributed by atoms with Gasteiger partial charge in [-0.15, -0.1) is 0 Å². The molecule has 0 spiro atoms. The summed E-state index contributed by atoms with van der Waals surface area (Å²) in [6, 6.07) is 5.95. The molecule has 0 radical (unpaired) electrons. The molecular weight excluding hydrogens is 460 g/mol. The molecule has 3 atom stereocenters. The maximum absolute atomic E-state index is 12.7. The van der Waals surface area contributed by atoms with E-state index in [1.165, 1.54) is 19.2 Å². The molecule has 0 bridgehead atoms. The number of aromatic nitrogens is 1. The van der Waals surface area contributed by atoms with Crippen LogP contribution in [0.15, 0.2) is 30.5 Å². The largest absolute Gasteiger partial charge is 0.503 e. The standard InChI is InChI=1S/C25H33ClN2O6/c1-7-32-20-10-11-27-22(23(20)29)24(30)28-16(5)25(31)33-17(6)21(12-14(2)3)34-19-9-8-15(4)13-18(19)26/h8-11,13-14,16-17,21,29H,7,12H2,1-6H3,(H,28,30)/t16-,17-,21+/m0/s1. The summed E-state index contributed by atoms with van der Waals surface area (Å²) in [5.41, 5.74) is 0.766. The number of benzene rings is 1. The minimum Gasteiger partial charge on any atom is -0.503 e. The smallest absolute Gasteiger partial charge is 0.328 e. The summed E-state index contributed by atoms with van der Waals surface area (Å²) in [7, 11) is 0. The molecule has 1 aromatic carbocycles. The van der Waals surface area contributed by atoms with E-state index in [1.54, 1.807) is 19.9 Å². The second-order valence-corrected chi connectivity index (χ2v) is 8.90. The van der Waals surface area contributed by atoms with E-state index in [-0.39, 0.29) is 17.4 Å². The Balaban J connectivity index is 2.06. The van der Waals surface area contributed by atoms with Crippen LogP contribution >= 0.6 is 11.6 Å². The predicted molar refractivity (Wildman–Crippen MR) is 130 cm³/mol. The van der Waals surface area contributed by atoms with Gasteiger partial charge in [-0.05, 0) is 57.7 Å². The predicted octanol–water partition coefficient (Wildman–Crippen LogP) is 4.69. The van der Waals surface area contributed by atoms with Crippen LogP contribution in [-0.2, 0) is 9.53 Å². The molecule has 2 N–H and O–H groups in total. The van der Waals surface area contributed by atoms with Gasteiger partial charge in [0.25, 0.3) is 5.91 Å². The third-order valence-corrected chi connectivity index (χ3v) is 5.29. The van der Waals surface area contributed by atoms with Gasteiger partial charge in [-0.3, -0.25) is 4.79 Å². The number of esters is 1. The van der Waals surface area contributed by atoms with Crippen LogP contribution in [0.3, 0.4) is 0 Å². The zero-order valence-electron chi connectivity index (χ0n) is 20.4. The summed E-state index contributed by atoms with van der Waals surface area (Å²) in [6.45, 7) is 11.3. The number of aryl methyl sites for hydroxylation is 1. The number of carbonyl (C=O) groups is 2. The maximum atomic E-state index is 12.7. The van der Waals surface area contributed by atoms with Gasteiger partial charge in [-0.2, -0.15) is 0 Å². The van der Waals surface area contributed by atoms with Crippen LogP contribution < -0.4 is 14.8 Å². The molecule has 0 aliphatic rings. The highest BCUT2D eigenvalue weighted by molar-refractivity contribution is 6.32. The Morgan fingerprint density at radius 1 is 1.15 bits per heavy atom. The third-order valence-electron chi connectivity index (χ3n) is 5.00. The van der Waals surface area contributed by atoms with Crippen molar-refractivity contribution in [3.63, 3.8) is 0 Å². The van der Waals surface area contributed by atoms with Gasteiger partial charge in [0.2, 0.25) is 0 Å². The second kappa shape index (κ2) is 12.5. The number of aromatic hydroxyl groups is 1. The first kappa shape index (κ1) is 27.2. The summed E-state index contributed by atoms with van der Waals surface area (Å²) in [5.74, 6) is -0.839. The van der Waals surface area contributed by atoms with Crippen molar-refractivity contribution in [2.24, 2.45) is 5.92 Å². The lowest BCUT2D eigenvalue weighted by Crippen LogP contribution is -2.43. The lowest BCUT2D eigenvalue weighted by Gasteiger charge is -2.28. The number of ether oxygens (including phenoxy) is 3. The number of rotatable bonds is 11. The molecule has 1 amide bonds.